The van der Waals surface area contributed by atoms with Crippen molar-refractivity contribution in [3.8, 4) is 0 Å². The predicted molar refractivity (Wildman–Crippen MR) is 137 cm³/mol. The van der Waals surface area contributed by atoms with E-state index in [1.54, 1.807) is 12.1 Å². The van der Waals surface area contributed by atoms with Crippen LogP contribution in [0.25, 0.3) is 0 Å². The SMILES string of the molecule is CN(CC(=O)N(Cc1ccccc1)[C@@H](C(=O)NCCc1ccccc1)c1ccccc1)S(C)(=O)=O. The summed E-state index contributed by atoms with van der Waals surface area (Å²) in [4.78, 5) is 28.4. The Morgan fingerprint density at radius 2 is 1.34 bits per heavy atom. The van der Waals surface area contributed by atoms with E-state index in [1.807, 2.05) is 78.9 Å². The minimum absolute atomic E-state index is 0.156. The van der Waals surface area contributed by atoms with Gasteiger partial charge in [0.1, 0.15) is 6.04 Å². The van der Waals surface area contributed by atoms with Gasteiger partial charge in [0, 0.05) is 20.1 Å². The average molecular weight is 494 g/mol. The topological polar surface area (TPSA) is 86.8 Å². The number of nitrogens with one attached hydrogen (secondary N) is 1. The normalized spacial score (nSPS) is 12.2. The molecular weight excluding hydrogens is 462 g/mol. The second-order valence-electron chi connectivity index (χ2n) is 8.37. The molecule has 0 spiro atoms. The van der Waals surface area contributed by atoms with Crippen LogP contribution in [0.15, 0.2) is 91.0 Å². The second kappa shape index (κ2) is 12.3. The summed E-state index contributed by atoms with van der Waals surface area (Å²) < 4.78 is 24.9. The van der Waals surface area contributed by atoms with Crippen molar-refractivity contribution in [1.29, 1.82) is 0 Å². The van der Waals surface area contributed by atoms with Gasteiger partial charge in [-0.25, -0.2) is 8.42 Å². The predicted octanol–water partition coefficient (Wildman–Crippen LogP) is 3.01. The molecular formula is C27H31N3O4S. The summed E-state index contributed by atoms with van der Waals surface area (Å²) in [5.41, 5.74) is 2.58. The number of benzene rings is 3. The van der Waals surface area contributed by atoms with Gasteiger partial charge in [-0.15, -0.1) is 0 Å². The molecule has 3 aromatic carbocycles. The molecule has 184 valence electrons. The van der Waals surface area contributed by atoms with Gasteiger partial charge >= 0.3 is 0 Å². The molecule has 0 heterocycles. The molecule has 0 aliphatic carbocycles. The number of amides is 2. The maximum atomic E-state index is 13.5. The largest absolute Gasteiger partial charge is 0.354 e. The number of likely N-dealkylation sites (N-methyl/N-ethyl adjacent to an activating group) is 1. The van der Waals surface area contributed by atoms with E-state index in [0.717, 1.165) is 21.7 Å². The molecule has 7 nitrogen and oxygen atoms in total. The van der Waals surface area contributed by atoms with Crippen LogP contribution in [0.2, 0.25) is 0 Å². The zero-order chi connectivity index (χ0) is 25.3. The summed E-state index contributed by atoms with van der Waals surface area (Å²) in [7, 11) is -2.22. The van der Waals surface area contributed by atoms with Crippen LogP contribution in [0.4, 0.5) is 0 Å². The summed E-state index contributed by atoms with van der Waals surface area (Å²) in [6.07, 6.45) is 1.70. The Morgan fingerprint density at radius 1 is 0.829 bits per heavy atom. The van der Waals surface area contributed by atoms with E-state index in [1.165, 1.54) is 11.9 Å². The van der Waals surface area contributed by atoms with Gasteiger partial charge < -0.3 is 10.2 Å². The van der Waals surface area contributed by atoms with Crippen molar-refractivity contribution in [2.24, 2.45) is 0 Å². The summed E-state index contributed by atoms with van der Waals surface area (Å²) in [5.74, 6) is -0.785. The van der Waals surface area contributed by atoms with E-state index in [9.17, 15) is 18.0 Å². The minimum Gasteiger partial charge on any atom is -0.354 e. The molecule has 3 aromatic rings. The smallest absolute Gasteiger partial charge is 0.247 e. The molecule has 35 heavy (non-hydrogen) atoms. The monoisotopic (exact) mass is 493 g/mol. The number of sulfonamides is 1. The van der Waals surface area contributed by atoms with Crippen LogP contribution < -0.4 is 5.32 Å². The fourth-order valence-corrected chi connectivity index (χ4v) is 4.03. The highest BCUT2D eigenvalue weighted by molar-refractivity contribution is 7.88. The lowest BCUT2D eigenvalue weighted by molar-refractivity contribution is -0.141. The third-order valence-electron chi connectivity index (χ3n) is 5.67. The summed E-state index contributed by atoms with van der Waals surface area (Å²) in [6, 6.07) is 27.3. The molecule has 2 amide bonds. The van der Waals surface area contributed by atoms with Crippen LogP contribution in [-0.2, 0) is 32.6 Å². The maximum absolute atomic E-state index is 13.5. The summed E-state index contributed by atoms with van der Waals surface area (Å²) >= 11 is 0. The van der Waals surface area contributed by atoms with E-state index in [4.69, 9.17) is 0 Å². The summed E-state index contributed by atoms with van der Waals surface area (Å²) in [5, 5.41) is 2.97. The maximum Gasteiger partial charge on any atom is 0.247 e. The van der Waals surface area contributed by atoms with Crippen molar-refractivity contribution in [2.75, 3.05) is 26.4 Å². The van der Waals surface area contributed by atoms with Gasteiger partial charge in [-0.05, 0) is 23.1 Å². The highest BCUT2D eigenvalue weighted by Crippen LogP contribution is 2.24. The lowest BCUT2D eigenvalue weighted by atomic mass is 10.0. The van der Waals surface area contributed by atoms with E-state index in [-0.39, 0.29) is 19.0 Å². The molecule has 0 aromatic heterocycles. The van der Waals surface area contributed by atoms with Crippen LogP contribution in [-0.4, -0.2) is 55.8 Å². The van der Waals surface area contributed by atoms with Crippen LogP contribution >= 0.6 is 0 Å². The van der Waals surface area contributed by atoms with Gasteiger partial charge in [0.25, 0.3) is 0 Å². The Bertz CT molecular complexity index is 1200. The highest BCUT2D eigenvalue weighted by atomic mass is 32.2. The van der Waals surface area contributed by atoms with Crippen LogP contribution in [0.3, 0.4) is 0 Å². The van der Waals surface area contributed by atoms with E-state index in [2.05, 4.69) is 5.32 Å². The molecule has 0 bridgehead atoms. The van der Waals surface area contributed by atoms with Crippen LogP contribution in [0.1, 0.15) is 22.7 Å². The van der Waals surface area contributed by atoms with Gasteiger partial charge in [0.15, 0.2) is 0 Å². The van der Waals surface area contributed by atoms with E-state index < -0.39 is 22.0 Å². The number of hydrogen-bond acceptors (Lipinski definition) is 4. The first-order chi connectivity index (χ1) is 16.8. The Balaban J connectivity index is 1.90. The zero-order valence-electron chi connectivity index (χ0n) is 20.0. The average Bonchev–Trinajstić information content (AvgIpc) is 2.85. The molecule has 3 rings (SSSR count). The lowest BCUT2D eigenvalue weighted by Gasteiger charge is -2.32. The zero-order valence-corrected chi connectivity index (χ0v) is 20.8. The molecule has 0 unspecified atom stereocenters. The Hall–Kier alpha value is -3.49. The minimum atomic E-state index is -3.57. The number of rotatable bonds is 11. The number of carbonyl (C=O) groups is 2. The molecule has 1 N–H and O–H groups in total. The first-order valence-corrected chi connectivity index (χ1v) is 13.2. The first kappa shape index (κ1) is 26.1. The van der Waals surface area contributed by atoms with Gasteiger partial charge in [0.05, 0.1) is 12.8 Å². The second-order valence-corrected chi connectivity index (χ2v) is 10.5. The van der Waals surface area contributed by atoms with Crippen molar-refractivity contribution in [3.05, 3.63) is 108 Å². The third-order valence-corrected chi connectivity index (χ3v) is 6.93. The number of hydrogen-bond donors (Lipinski definition) is 1. The van der Waals surface area contributed by atoms with Crippen LogP contribution in [0, 0.1) is 0 Å². The Morgan fingerprint density at radius 3 is 1.89 bits per heavy atom. The fourth-order valence-electron chi connectivity index (χ4n) is 3.68. The molecule has 0 saturated heterocycles. The van der Waals surface area contributed by atoms with Crippen molar-refractivity contribution < 1.29 is 18.0 Å². The van der Waals surface area contributed by atoms with E-state index >= 15 is 0 Å². The highest BCUT2D eigenvalue weighted by Gasteiger charge is 2.32. The molecule has 1 atom stereocenters. The molecule has 0 aliphatic rings. The standard InChI is InChI=1S/C27H31N3O4S/c1-29(35(2,33)34)21-25(31)30(20-23-14-8-4-9-15-23)26(24-16-10-5-11-17-24)27(32)28-19-18-22-12-6-3-7-13-22/h3-17,26H,18-21H2,1-2H3,(H,28,32)/t26-/m1/s1. The first-order valence-electron chi connectivity index (χ1n) is 11.4. The molecule has 0 saturated carbocycles. The van der Waals surface area contributed by atoms with E-state index in [0.29, 0.717) is 18.5 Å². The number of carbonyl (C=O) groups excluding carboxylic acids is 2. The fraction of sp³-hybridized carbons (Fsp3) is 0.259. The van der Waals surface area contributed by atoms with Gasteiger partial charge in [0.2, 0.25) is 21.8 Å². The quantitative estimate of drug-likeness (QED) is 0.445. The van der Waals surface area contributed by atoms with Crippen LogP contribution in [0.5, 0.6) is 0 Å². The third kappa shape index (κ3) is 7.77. The summed E-state index contributed by atoms with van der Waals surface area (Å²) in [6.45, 7) is 0.192. The van der Waals surface area contributed by atoms with Gasteiger partial charge in [-0.1, -0.05) is 91.0 Å². The van der Waals surface area contributed by atoms with Crippen molar-refractivity contribution in [2.45, 2.75) is 19.0 Å². The number of nitrogens with zero attached hydrogens (tertiary/aromatic N) is 2. The molecule has 0 aliphatic heterocycles. The van der Waals surface area contributed by atoms with Crippen molar-refractivity contribution in [3.63, 3.8) is 0 Å². The van der Waals surface area contributed by atoms with Gasteiger partial charge in [-0.3, -0.25) is 9.59 Å². The molecule has 8 heteroatoms. The van der Waals surface area contributed by atoms with Gasteiger partial charge in [-0.2, -0.15) is 4.31 Å². The van der Waals surface area contributed by atoms with Crippen molar-refractivity contribution in [1.82, 2.24) is 14.5 Å². The molecule has 0 fully saturated rings. The Kier molecular flexibility index (Phi) is 9.17. The molecule has 0 radical (unpaired) electrons. The lowest BCUT2D eigenvalue weighted by Crippen LogP contribution is -2.47. The Labute approximate surface area is 207 Å². The van der Waals surface area contributed by atoms with Crippen molar-refractivity contribution >= 4 is 21.8 Å².